The highest BCUT2D eigenvalue weighted by atomic mass is 35.5. The fourth-order valence-corrected chi connectivity index (χ4v) is 7.00. The molecule has 1 N–H and O–H groups in total. The number of nitrogens with one attached hydrogen (secondary N) is 1. The molecule has 5 rings (SSSR count). The predicted molar refractivity (Wildman–Crippen MR) is 169 cm³/mol. The van der Waals surface area contributed by atoms with Crippen molar-refractivity contribution in [3.8, 4) is 22.6 Å². The SMILES string of the molecule is CC.CCCN(CC(C)(C)Nc1nccc(-c2c(-c3ccc(F)cc3)nc3sccn23)n1)S(=O)(=O)c1ccc(Cl)cc1. The molecule has 8 nitrogen and oxygen atoms in total. The van der Waals surface area contributed by atoms with Gasteiger partial charge in [0.1, 0.15) is 11.5 Å². The van der Waals surface area contributed by atoms with E-state index in [9.17, 15) is 12.8 Å². The van der Waals surface area contributed by atoms with Crippen LogP contribution in [0.3, 0.4) is 0 Å². The smallest absolute Gasteiger partial charge is 0.243 e. The lowest BCUT2D eigenvalue weighted by Crippen LogP contribution is -2.47. The van der Waals surface area contributed by atoms with E-state index in [1.807, 2.05) is 50.6 Å². The molecule has 0 saturated heterocycles. The van der Waals surface area contributed by atoms with E-state index >= 15 is 0 Å². The minimum atomic E-state index is -3.75. The molecule has 0 amide bonds. The first kappa shape index (κ1) is 31.6. The van der Waals surface area contributed by atoms with Crippen molar-refractivity contribution in [1.82, 2.24) is 23.7 Å². The van der Waals surface area contributed by atoms with Crippen LogP contribution in [0, 0.1) is 5.82 Å². The summed E-state index contributed by atoms with van der Waals surface area (Å²) in [6, 6.07) is 14.2. The van der Waals surface area contributed by atoms with Crippen molar-refractivity contribution in [3.63, 3.8) is 0 Å². The predicted octanol–water partition coefficient (Wildman–Crippen LogP) is 7.63. The maximum absolute atomic E-state index is 13.6. The summed E-state index contributed by atoms with van der Waals surface area (Å²) in [6.45, 7) is 10.3. The summed E-state index contributed by atoms with van der Waals surface area (Å²) in [4.78, 5) is 14.9. The van der Waals surface area contributed by atoms with Crippen LogP contribution in [0.1, 0.15) is 41.0 Å². The van der Waals surface area contributed by atoms with E-state index < -0.39 is 15.6 Å². The van der Waals surface area contributed by atoms with Crippen molar-refractivity contribution in [2.75, 3.05) is 18.4 Å². The molecule has 0 aliphatic rings. The van der Waals surface area contributed by atoms with Crippen LogP contribution in [0.15, 0.2) is 77.3 Å². The van der Waals surface area contributed by atoms with Gasteiger partial charge < -0.3 is 5.32 Å². The molecule has 3 aromatic heterocycles. The Hall–Kier alpha value is -3.38. The lowest BCUT2D eigenvalue weighted by Gasteiger charge is -2.33. The Morgan fingerprint density at radius 2 is 1.74 bits per heavy atom. The van der Waals surface area contributed by atoms with Crippen LogP contribution < -0.4 is 5.32 Å². The highest BCUT2D eigenvalue weighted by molar-refractivity contribution is 7.89. The van der Waals surface area contributed by atoms with Gasteiger partial charge in [0.25, 0.3) is 0 Å². The average Bonchev–Trinajstić information content (AvgIpc) is 3.56. The third-order valence-corrected chi connectivity index (χ3v) is 9.09. The van der Waals surface area contributed by atoms with Crippen molar-refractivity contribution in [3.05, 3.63) is 83.2 Å². The minimum absolute atomic E-state index is 0.182. The van der Waals surface area contributed by atoms with E-state index in [4.69, 9.17) is 21.6 Å². The fourth-order valence-electron chi connectivity index (χ4n) is 4.46. The van der Waals surface area contributed by atoms with Gasteiger partial charge in [0.05, 0.1) is 16.3 Å². The molecule has 0 spiro atoms. The second-order valence-corrected chi connectivity index (χ2v) is 13.2. The molecular formula is C30H34ClFN6O2S2. The molecule has 0 radical (unpaired) electrons. The van der Waals surface area contributed by atoms with Crippen LogP contribution in [-0.2, 0) is 10.0 Å². The molecule has 12 heteroatoms. The van der Waals surface area contributed by atoms with E-state index in [2.05, 4.69) is 10.3 Å². The monoisotopic (exact) mass is 628 g/mol. The quantitative estimate of drug-likeness (QED) is 0.171. The number of rotatable bonds is 10. The number of thiazole rings is 1. The van der Waals surface area contributed by atoms with Gasteiger partial charge in [-0.05, 0) is 74.9 Å². The van der Waals surface area contributed by atoms with Gasteiger partial charge in [0.2, 0.25) is 16.0 Å². The van der Waals surface area contributed by atoms with Crippen LogP contribution in [0.25, 0.3) is 27.6 Å². The van der Waals surface area contributed by atoms with Crippen molar-refractivity contribution in [2.24, 2.45) is 0 Å². The zero-order valence-corrected chi connectivity index (χ0v) is 26.6. The minimum Gasteiger partial charge on any atom is -0.348 e. The van der Waals surface area contributed by atoms with Gasteiger partial charge >= 0.3 is 0 Å². The van der Waals surface area contributed by atoms with Gasteiger partial charge in [-0.15, -0.1) is 11.3 Å². The lowest BCUT2D eigenvalue weighted by molar-refractivity contribution is 0.348. The second kappa shape index (κ2) is 13.3. The largest absolute Gasteiger partial charge is 0.348 e. The standard InChI is InChI=1S/C28H28ClFN6O2S2.C2H6/c1-4-15-35(40(37,38)22-11-7-20(29)8-12-22)18-28(2,3)34-26-31-14-13-23(32-26)25-24(19-5-9-21(30)10-6-19)33-27-36(25)16-17-39-27;1-2/h5-14,16-17H,4,15,18H2,1-3H3,(H,31,32,34);1-2H3. The van der Waals surface area contributed by atoms with Crippen LogP contribution in [0.2, 0.25) is 5.02 Å². The summed E-state index contributed by atoms with van der Waals surface area (Å²) in [6.07, 6.45) is 4.22. The molecule has 2 aromatic carbocycles. The number of aromatic nitrogens is 4. The van der Waals surface area contributed by atoms with Gasteiger partial charge in [-0.2, -0.15) is 4.31 Å². The number of sulfonamides is 1. The maximum Gasteiger partial charge on any atom is 0.243 e. The summed E-state index contributed by atoms with van der Waals surface area (Å²) in [5.41, 5.74) is 2.10. The first-order valence-electron chi connectivity index (χ1n) is 13.7. The number of benzene rings is 2. The number of halogens is 2. The Labute approximate surface area is 255 Å². The first-order chi connectivity index (χ1) is 20.1. The van der Waals surface area contributed by atoms with Gasteiger partial charge in [0.15, 0.2) is 4.96 Å². The van der Waals surface area contributed by atoms with Crippen molar-refractivity contribution in [1.29, 1.82) is 0 Å². The molecule has 0 aliphatic heterocycles. The number of nitrogens with zero attached hydrogens (tertiary/aromatic N) is 5. The molecular weight excluding hydrogens is 595 g/mol. The molecule has 0 fully saturated rings. The molecule has 222 valence electrons. The molecule has 0 aliphatic carbocycles. The van der Waals surface area contributed by atoms with Crippen LogP contribution in [0.4, 0.5) is 10.3 Å². The van der Waals surface area contributed by atoms with Crippen LogP contribution >= 0.6 is 22.9 Å². The van der Waals surface area contributed by atoms with Gasteiger partial charge in [0, 0.05) is 47.0 Å². The zero-order valence-electron chi connectivity index (χ0n) is 24.2. The van der Waals surface area contributed by atoms with Gasteiger partial charge in [-0.3, -0.25) is 4.40 Å². The average molecular weight is 629 g/mol. The highest BCUT2D eigenvalue weighted by Gasteiger charge is 2.31. The van der Waals surface area contributed by atoms with Crippen molar-refractivity contribution < 1.29 is 12.8 Å². The highest BCUT2D eigenvalue weighted by Crippen LogP contribution is 2.34. The number of fused-ring (bicyclic) bond motifs is 1. The molecule has 0 unspecified atom stereocenters. The summed E-state index contributed by atoms with van der Waals surface area (Å²) in [7, 11) is -3.75. The van der Waals surface area contributed by atoms with E-state index in [-0.39, 0.29) is 17.3 Å². The Bertz CT molecular complexity index is 1740. The maximum atomic E-state index is 13.6. The summed E-state index contributed by atoms with van der Waals surface area (Å²) >= 11 is 7.46. The number of imidazole rings is 1. The van der Waals surface area contributed by atoms with E-state index in [0.29, 0.717) is 35.3 Å². The van der Waals surface area contributed by atoms with E-state index in [1.165, 1.54) is 39.9 Å². The van der Waals surface area contributed by atoms with Crippen molar-refractivity contribution >= 4 is 43.9 Å². The fraction of sp³-hybridized carbons (Fsp3) is 0.300. The van der Waals surface area contributed by atoms with E-state index in [1.54, 1.807) is 36.5 Å². The van der Waals surface area contributed by atoms with Gasteiger partial charge in [-0.25, -0.2) is 27.8 Å². The molecule has 0 atom stereocenters. The number of anilines is 1. The Morgan fingerprint density at radius 1 is 1.05 bits per heavy atom. The van der Waals surface area contributed by atoms with Gasteiger partial charge in [-0.1, -0.05) is 32.4 Å². The third kappa shape index (κ3) is 6.97. The Kier molecular flexibility index (Phi) is 9.98. The summed E-state index contributed by atoms with van der Waals surface area (Å²) in [5.74, 6) is 0.0235. The van der Waals surface area contributed by atoms with E-state index in [0.717, 1.165) is 16.2 Å². The molecule has 42 heavy (non-hydrogen) atoms. The molecule has 0 saturated carbocycles. The molecule has 0 bridgehead atoms. The summed E-state index contributed by atoms with van der Waals surface area (Å²) < 4.78 is 43.9. The number of hydrogen-bond acceptors (Lipinski definition) is 7. The Morgan fingerprint density at radius 3 is 2.40 bits per heavy atom. The topological polar surface area (TPSA) is 92.5 Å². The third-order valence-electron chi connectivity index (χ3n) is 6.22. The zero-order chi connectivity index (χ0) is 30.5. The molecule has 5 aromatic rings. The second-order valence-electron chi connectivity index (χ2n) is 9.94. The Balaban J connectivity index is 0.00000198. The lowest BCUT2D eigenvalue weighted by atomic mass is 10.1. The van der Waals surface area contributed by atoms with Crippen molar-refractivity contribution in [2.45, 2.75) is 51.5 Å². The normalized spacial score (nSPS) is 11.9. The summed E-state index contributed by atoms with van der Waals surface area (Å²) in [5, 5.41) is 5.74. The number of hydrogen-bond donors (Lipinski definition) is 1. The van der Waals surface area contributed by atoms with Crippen LogP contribution in [-0.4, -0.2) is 50.7 Å². The first-order valence-corrected chi connectivity index (χ1v) is 16.4. The molecule has 3 heterocycles. The van der Waals surface area contributed by atoms with Crippen LogP contribution in [0.5, 0.6) is 0 Å².